The van der Waals surface area contributed by atoms with Crippen molar-refractivity contribution in [2.45, 2.75) is 12.5 Å². The molecule has 2 aromatic carbocycles. The lowest BCUT2D eigenvalue weighted by Gasteiger charge is -2.21. The van der Waals surface area contributed by atoms with E-state index in [4.69, 9.17) is 21.1 Å². The van der Waals surface area contributed by atoms with Crippen LogP contribution < -0.4 is 14.8 Å². The zero-order valence-corrected chi connectivity index (χ0v) is 16.1. The molecule has 0 saturated carbocycles. The number of thiophene rings is 1. The lowest BCUT2D eigenvalue weighted by Crippen LogP contribution is -2.30. The molecule has 3 aromatic rings. The fourth-order valence-electron chi connectivity index (χ4n) is 3.08. The molecule has 1 aliphatic rings. The van der Waals surface area contributed by atoms with Crippen LogP contribution >= 0.6 is 22.9 Å². The van der Waals surface area contributed by atoms with Crippen molar-refractivity contribution in [3.05, 3.63) is 81.0 Å². The molecular weight excluding hydrogens is 382 g/mol. The Morgan fingerprint density at radius 3 is 2.70 bits per heavy atom. The summed E-state index contributed by atoms with van der Waals surface area (Å²) in [6, 6.07) is 17.4. The molecule has 0 bridgehead atoms. The monoisotopic (exact) mass is 399 g/mol. The molecule has 1 atom stereocenters. The van der Waals surface area contributed by atoms with Crippen LogP contribution in [0, 0.1) is 0 Å². The van der Waals surface area contributed by atoms with Crippen molar-refractivity contribution in [2.24, 2.45) is 0 Å². The number of carbonyl (C=O) groups excluding carboxylic acids is 1. The summed E-state index contributed by atoms with van der Waals surface area (Å²) in [7, 11) is 0. The van der Waals surface area contributed by atoms with Crippen LogP contribution in [0.3, 0.4) is 0 Å². The summed E-state index contributed by atoms with van der Waals surface area (Å²) in [4.78, 5) is 13.8. The van der Waals surface area contributed by atoms with Gasteiger partial charge in [0, 0.05) is 4.88 Å². The Hall–Kier alpha value is -2.50. The van der Waals surface area contributed by atoms with E-state index in [1.807, 2.05) is 53.9 Å². The fraction of sp³-hybridized carbons (Fsp3) is 0.190. The summed E-state index contributed by atoms with van der Waals surface area (Å²) in [5.41, 5.74) is 1.84. The first kappa shape index (κ1) is 17.9. The van der Waals surface area contributed by atoms with Crippen molar-refractivity contribution in [3.63, 3.8) is 0 Å². The summed E-state index contributed by atoms with van der Waals surface area (Å²) in [6.07, 6.45) is 0.213. The van der Waals surface area contributed by atoms with E-state index in [1.165, 1.54) is 0 Å². The van der Waals surface area contributed by atoms with Crippen molar-refractivity contribution in [2.75, 3.05) is 13.2 Å². The molecule has 4 rings (SSSR count). The molecule has 4 nitrogen and oxygen atoms in total. The number of amides is 1. The average Bonchev–Trinajstić information content (AvgIpc) is 3.21. The average molecular weight is 400 g/mol. The van der Waals surface area contributed by atoms with E-state index in [1.54, 1.807) is 17.4 Å². The van der Waals surface area contributed by atoms with Crippen LogP contribution in [0.25, 0.3) is 0 Å². The van der Waals surface area contributed by atoms with E-state index in [0.717, 1.165) is 16.0 Å². The number of benzene rings is 2. The van der Waals surface area contributed by atoms with Crippen molar-refractivity contribution >= 4 is 28.8 Å². The first-order valence-corrected chi connectivity index (χ1v) is 9.92. The van der Waals surface area contributed by atoms with Gasteiger partial charge in [0.1, 0.15) is 13.2 Å². The van der Waals surface area contributed by atoms with E-state index >= 15 is 0 Å². The number of hydrogen-bond acceptors (Lipinski definition) is 4. The number of ether oxygens (including phenoxy) is 2. The van der Waals surface area contributed by atoms with Crippen LogP contribution in [-0.2, 0) is 11.2 Å². The highest BCUT2D eigenvalue weighted by Gasteiger charge is 2.20. The van der Waals surface area contributed by atoms with Gasteiger partial charge in [-0.3, -0.25) is 4.79 Å². The molecule has 27 heavy (non-hydrogen) atoms. The van der Waals surface area contributed by atoms with Crippen molar-refractivity contribution < 1.29 is 14.3 Å². The third-order valence-electron chi connectivity index (χ3n) is 4.29. The summed E-state index contributed by atoms with van der Waals surface area (Å²) in [5, 5.41) is 5.62. The molecule has 1 aliphatic heterocycles. The minimum atomic E-state index is -0.175. The molecule has 2 heterocycles. The molecule has 0 fully saturated rings. The normalized spacial score (nSPS) is 13.8. The predicted octanol–water partition coefficient (Wildman–Crippen LogP) is 4.62. The SMILES string of the molecule is O=C(Cc1cc(Cl)c2c(c1)OCCO2)N[C@H](c1ccccc1)c1cccs1. The maximum Gasteiger partial charge on any atom is 0.225 e. The maximum atomic E-state index is 12.7. The minimum absolute atomic E-state index is 0.0787. The van der Waals surface area contributed by atoms with E-state index in [9.17, 15) is 4.79 Å². The number of nitrogens with one attached hydrogen (secondary N) is 1. The quantitative estimate of drug-likeness (QED) is 0.680. The Bertz CT molecular complexity index is 928. The summed E-state index contributed by atoms with van der Waals surface area (Å²) in [6.45, 7) is 0.958. The van der Waals surface area contributed by atoms with Gasteiger partial charge in [-0.05, 0) is 34.7 Å². The molecule has 1 aromatic heterocycles. The van der Waals surface area contributed by atoms with Crippen LogP contribution in [0.2, 0.25) is 5.02 Å². The highest BCUT2D eigenvalue weighted by atomic mass is 35.5. The number of carbonyl (C=O) groups is 1. The van der Waals surface area contributed by atoms with Crippen molar-refractivity contribution in [3.8, 4) is 11.5 Å². The smallest absolute Gasteiger partial charge is 0.225 e. The van der Waals surface area contributed by atoms with Gasteiger partial charge in [-0.15, -0.1) is 11.3 Å². The van der Waals surface area contributed by atoms with Gasteiger partial charge in [-0.25, -0.2) is 0 Å². The van der Waals surface area contributed by atoms with Gasteiger partial charge in [-0.1, -0.05) is 48.0 Å². The molecule has 0 saturated heterocycles. The molecule has 0 aliphatic carbocycles. The molecule has 0 unspecified atom stereocenters. The highest BCUT2D eigenvalue weighted by Crippen LogP contribution is 2.38. The van der Waals surface area contributed by atoms with E-state index in [-0.39, 0.29) is 18.4 Å². The Morgan fingerprint density at radius 1 is 1.11 bits per heavy atom. The zero-order valence-electron chi connectivity index (χ0n) is 14.5. The molecule has 1 N–H and O–H groups in total. The third-order valence-corrected chi connectivity index (χ3v) is 5.51. The van der Waals surface area contributed by atoms with Crippen LogP contribution in [0.15, 0.2) is 60.0 Å². The van der Waals surface area contributed by atoms with Crippen molar-refractivity contribution in [1.29, 1.82) is 0 Å². The highest BCUT2D eigenvalue weighted by molar-refractivity contribution is 7.10. The van der Waals surface area contributed by atoms with Gasteiger partial charge in [0.15, 0.2) is 11.5 Å². The molecule has 0 spiro atoms. The lowest BCUT2D eigenvalue weighted by atomic mass is 10.0. The number of halogens is 1. The van der Waals surface area contributed by atoms with Crippen LogP contribution in [0.5, 0.6) is 11.5 Å². The van der Waals surface area contributed by atoms with Gasteiger partial charge in [0.25, 0.3) is 0 Å². The van der Waals surface area contributed by atoms with E-state index in [2.05, 4.69) is 5.32 Å². The number of hydrogen-bond donors (Lipinski definition) is 1. The van der Waals surface area contributed by atoms with E-state index in [0.29, 0.717) is 29.7 Å². The first-order chi connectivity index (χ1) is 13.2. The molecular formula is C21H18ClNO3S. The standard InChI is InChI=1S/C21H18ClNO3S/c22-16-11-14(12-17-21(16)26-9-8-25-17)13-19(24)23-20(18-7-4-10-27-18)15-5-2-1-3-6-15/h1-7,10-12,20H,8-9,13H2,(H,23,24)/t20-/m1/s1. The summed E-state index contributed by atoms with van der Waals surface area (Å²) < 4.78 is 11.1. The molecule has 1 amide bonds. The molecule has 0 radical (unpaired) electrons. The van der Waals surface area contributed by atoms with Crippen molar-refractivity contribution in [1.82, 2.24) is 5.32 Å². The second-order valence-corrected chi connectivity index (χ2v) is 7.59. The fourth-order valence-corrected chi connectivity index (χ4v) is 4.17. The van der Waals surface area contributed by atoms with Crippen LogP contribution in [0.4, 0.5) is 0 Å². The Kier molecular flexibility index (Phi) is 5.32. The number of fused-ring (bicyclic) bond motifs is 1. The van der Waals surface area contributed by atoms with Gasteiger partial charge < -0.3 is 14.8 Å². The maximum absolute atomic E-state index is 12.7. The second kappa shape index (κ2) is 8.03. The molecule has 138 valence electrons. The first-order valence-electron chi connectivity index (χ1n) is 8.66. The Labute approximate surface area is 166 Å². The topological polar surface area (TPSA) is 47.6 Å². The third kappa shape index (κ3) is 4.10. The number of rotatable bonds is 5. The van der Waals surface area contributed by atoms with E-state index < -0.39 is 0 Å². The minimum Gasteiger partial charge on any atom is -0.486 e. The van der Waals surface area contributed by atoms with Gasteiger partial charge in [-0.2, -0.15) is 0 Å². The Morgan fingerprint density at radius 2 is 1.93 bits per heavy atom. The van der Waals surface area contributed by atoms with Gasteiger partial charge in [0.05, 0.1) is 17.5 Å². The zero-order chi connectivity index (χ0) is 18.6. The largest absolute Gasteiger partial charge is 0.486 e. The summed E-state index contributed by atoms with van der Waals surface area (Å²) in [5.74, 6) is 1.06. The Balaban J connectivity index is 1.53. The second-order valence-electron chi connectivity index (χ2n) is 6.21. The van der Waals surface area contributed by atoms with Crippen LogP contribution in [-0.4, -0.2) is 19.1 Å². The van der Waals surface area contributed by atoms with Gasteiger partial charge >= 0.3 is 0 Å². The van der Waals surface area contributed by atoms with Crippen LogP contribution in [0.1, 0.15) is 22.0 Å². The predicted molar refractivity (Wildman–Crippen MR) is 107 cm³/mol. The lowest BCUT2D eigenvalue weighted by molar-refractivity contribution is -0.120. The summed E-state index contributed by atoms with van der Waals surface area (Å²) >= 11 is 7.90. The van der Waals surface area contributed by atoms with Gasteiger partial charge in [0.2, 0.25) is 5.91 Å². The molecule has 6 heteroatoms.